The van der Waals surface area contributed by atoms with E-state index in [0.29, 0.717) is 5.56 Å². The number of benzene rings is 1. The highest BCUT2D eigenvalue weighted by Gasteiger charge is 2.24. The molecule has 2 rings (SSSR count). The van der Waals surface area contributed by atoms with E-state index >= 15 is 0 Å². The summed E-state index contributed by atoms with van der Waals surface area (Å²) in [5.74, 6) is -0.575. The van der Waals surface area contributed by atoms with E-state index in [0.717, 1.165) is 16.9 Å². The highest BCUT2D eigenvalue weighted by molar-refractivity contribution is 7.92. The number of esters is 1. The number of thiophene rings is 1. The van der Waals surface area contributed by atoms with Crippen LogP contribution in [0.25, 0.3) is 6.08 Å². The second-order valence-corrected chi connectivity index (χ2v) is 9.33. The maximum Gasteiger partial charge on any atom is 0.350 e. The molecule has 0 amide bonds. The minimum atomic E-state index is -3.86. The lowest BCUT2D eigenvalue weighted by atomic mass is 9.86. The second-order valence-electron chi connectivity index (χ2n) is 6.76. The molecule has 1 aromatic heterocycles. The molecule has 26 heavy (non-hydrogen) atoms. The van der Waals surface area contributed by atoms with Crippen molar-refractivity contribution in [2.24, 2.45) is 0 Å². The zero-order valence-corrected chi connectivity index (χ0v) is 17.1. The van der Waals surface area contributed by atoms with Crippen LogP contribution in [0.15, 0.2) is 40.6 Å². The molecule has 0 bridgehead atoms. The van der Waals surface area contributed by atoms with Gasteiger partial charge in [0.2, 0.25) is 0 Å². The van der Waals surface area contributed by atoms with E-state index in [2.05, 4.69) is 25.5 Å². The fraction of sp³-hybridized carbons (Fsp3) is 0.316. The fourth-order valence-corrected chi connectivity index (χ4v) is 4.49. The lowest BCUT2D eigenvalue weighted by Crippen LogP contribution is -2.17. The summed E-state index contributed by atoms with van der Waals surface area (Å²) in [7, 11) is -2.61. The third-order valence-electron chi connectivity index (χ3n) is 3.79. The van der Waals surface area contributed by atoms with Crippen LogP contribution in [0.4, 0.5) is 5.69 Å². The average Bonchev–Trinajstić information content (AvgIpc) is 3.00. The van der Waals surface area contributed by atoms with Gasteiger partial charge in [-0.15, -0.1) is 11.3 Å². The lowest BCUT2D eigenvalue weighted by molar-refractivity contribution is 0.0607. The highest BCUT2D eigenvalue weighted by atomic mass is 32.2. The zero-order chi connectivity index (χ0) is 19.5. The predicted octanol–water partition coefficient (Wildman–Crippen LogP) is 4.67. The number of anilines is 1. The largest absolute Gasteiger partial charge is 0.465 e. The van der Waals surface area contributed by atoms with E-state index in [4.69, 9.17) is 4.74 Å². The number of allylic oxidation sites excluding steroid dienone is 1. The molecule has 1 N–H and O–H groups in total. The summed E-state index contributed by atoms with van der Waals surface area (Å²) in [4.78, 5) is 12.2. The molecule has 0 saturated heterocycles. The van der Waals surface area contributed by atoms with Crippen LogP contribution in [0.2, 0.25) is 0 Å². The molecule has 1 heterocycles. The Hall–Kier alpha value is -2.12. The monoisotopic (exact) mass is 393 g/mol. The van der Waals surface area contributed by atoms with Crippen molar-refractivity contribution in [3.05, 3.63) is 51.7 Å². The van der Waals surface area contributed by atoms with Crippen LogP contribution in [0, 0.1) is 0 Å². The van der Waals surface area contributed by atoms with Gasteiger partial charge in [-0.25, -0.2) is 13.2 Å². The molecule has 2 aromatic rings. The van der Waals surface area contributed by atoms with E-state index in [9.17, 15) is 13.2 Å². The first-order chi connectivity index (χ1) is 12.1. The Morgan fingerprint density at radius 3 is 2.50 bits per heavy atom. The van der Waals surface area contributed by atoms with Gasteiger partial charge in [-0.2, -0.15) is 0 Å². The second kappa shape index (κ2) is 7.63. The minimum absolute atomic E-state index is 0.0997. The first kappa shape index (κ1) is 20.2. The molecule has 140 valence electrons. The quantitative estimate of drug-likeness (QED) is 0.750. The van der Waals surface area contributed by atoms with Gasteiger partial charge < -0.3 is 4.74 Å². The summed E-state index contributed by atoms with van der Waals surface area (Å²) in [6, 6.07) is 6.84. The van der Waals surface area contributed by atoms with Crippen molar-refractivity contribution in [2.45, 2.75) is 38.0 Å². The molecule has 0 radical (unpaired) electrons. The molecule has 0 spiro atoms. The number of hydrogen-bond donors (Lipinski definition) is 1. The topological polar surface area (TPSA) is 72.5 Å². The number of nitrogens with one attached hydrogen (secondary N) is 1. The van der Waals surface area contributed by atoms with Crippen molar-refractivity contribution in [3.8, 4) is 0 Å². The molecule has 0 aliphatic rings. The Kier molecular flexibility index (Phi) is 5.93. The molecule has 5 nitrogen and oxygen atoms in total. The number of hydrogen-bond acceptors (Lipinski definition) is 5. The summed E-state index contributed by atoms with van der Waals surface area (Å²) >= 11 is 1.12. The van der Waals surface area contributed by atoms with Gasteiger partial charge in [-0.1, -0.05) is 39.0 Å². The summed E-state index contributed by atoms with van der Waals surface area (Å²) in [6.07, 6.45) is 3.56. The molecular formula is C19H23NO4S2. The van der Waals surface area contributed by atoms with Gasteiger partial charge in [0, 0.05) is 0 Å². The lowest BCUT2D eigenvalue weighted by Gasteiger charge is -2.21. The molecule has 7 heteroatoms. The molecular weight excluding hydrogens is 370 g/mol. The van der Waals surface area contributed by atoms with Gasteiger partial charge in [0.15, 0.2) is 0 Å². The molecule has 0 atom stereocenters. The number of sulfonamides is 1. The van der Waals surface area contributed by atoms with Crippen LogP contribution in [0.3, 0.4) is 0 Å². The summed E-state index contributed by atoms with van der Waals surface area (Å²) < 4.78 is 33.1. The number of ether oxygens (including phenoxy) is 1. The van der Waals surface area contributed by atoms with Crippen molar-refractivity contribution in [2.75, 3.05) is 11.8 Å². The van der Waals surface area contributed by atoms with E-state index < -0.39 is 16.0 Å². The number of rotatable bonds is 5. The summed E-state index contributed by atoms with van der Waals surface area (Å²) in [6.45, 7) is 8.05. The van der Waals surface area contributed by atoms with Crippen molar-refractivity contribution in [1.82, 2.24) is 0 Å². The Labute approximate surface area is 158 Å². The average molecular weight is 394 g/mol. The minimum Gasteiger partial charge on any atom is -0.465 e. The first-order valence-corrected chi connectivity index (χ1v) is 10.4. The van der Waals surface area contributed by atoms with Gasteiger partial charge in [0.25, 0.3) is 10.0 Å². The van der Waals surface area contributed by atoms with Gasteiger partial charge in [-0.05, 0) is 47.0 Å². The van der Waals surface area contributed by atoms with Crippen molar-refractivity contribution < 1.29 is 17.9 Å². The van der Waals surface area contributed by atoms with Crippen LogP contribution in [0.5, 0.6) is 0 Å². The third kappa shape index (κ3) is 4.34. The molecule has 0 unspecified atom stereocenters. The van der Waals surface area contributed by atoms with E-state index in [-0.39, 0.29) is 20.9 Å². The standard InChI is InChI=1S/C19H23NO4S2/c1-6-7-13-12-14(19(2,3)4)8-9-16(13)26(22,23)20-15-10-11-25-17(15)18(21)24-5/h6-12,20H,1-5H3/b7-6-. The number of carbonyl (C=O) groups excluding carboxylic acids is 1. The van der Waals surface area contributed by atoms with Gasteiger partial charge in [0.05, 0.1) is 17.7 Å². The van der Waals surface area contributed by atoms with Gasteiger partial charge >= 0.3 is 5.97 Å². The summed E-state index contributed by atoms with van der Waals surface area (Å²) in [5, 5.41) is 1.64. The normalized spacial score (nSPS) is 12.3. The third-order valence-corrected chi connectivity index (χ3v) is 6.13. The van der Waals surface area contributed by atoms with Gasteiger partial charge in [-0.3, -0.25) is 4.72 Å². The van der Waals surface area contributed by atoms with Crippen LogP contribution in [0.1, 0.15) is 48.5 Å². The maximum atomic E-state index is 12.9. The van der Waals surface area contributed by atoms with Crippen LogP contribution in [-0.2, 0) is 20.2 Å². The highest BCUT2D eigenvalue weighted by Crippen LogP contribution is 2.30. The Morgan fingerprint density at radius 1 is 1.23 bits per heavy atom. The first-order valence-electron chi connectivity index (χ1n) is 8.06. The number of methoxy groups -OCH3 is 1. The van der Waals surface area contributed by atoms with Crippen LogP contribution >= 0.6 is 11.3 Å². The SMILES string of the molecule is C/C=C\c1cc(C(C)(C)C)ccc1S(=O)(=O)Nc1ccsc1C(=O)OC. The van der Waals surface area contributed by atoms with Crippen LogP contribution < -0.4 is 4.72 Å². The Bertz CT molecular complexity index is 935. The van der Waals surface area contributed by atoms with Gasteiger partial charge in [0.1, 0.15) is 4.88 Å². The molecule has 0 fully saturated rings. The maximum absolute atomic E-state index is 12.9. The number of carbonyl (C=O) groups is 1. The Morgan fingerprint density at radius 2 is 1.92 bits per heavy atom. The van der Waals surface area contributed by atoms with Crippen molar-refractivity contribution in [3.63, 3.8) is 0 Å². The van der Waals surface area contributed by atoms with E-state index in [1.54, 1.807) is 29.7 Å². The smallest absolute Gasteiger partial charge is 0.350 e. The van der Waals surface area contributed by atoms with Crippen molar-refractivity contribution in [1.29, 1.82) is 0 Å². The van der Waals surface area contributed by atoms with Crippen molar-refractivity contribution >= 4 is 39.1 Å². The molecule has 0 saturated carbocycles. The molecule has 0 aliphatic carbocycles. The zero-order valence-electron chi connectivity index (χ0n) is 15.5. The fourth-order valence-electron chi connectivity index (χ4n) is 2.41. The van der Waals surface area contributed by atoms with E-state index in [1.165, 1.54) is 7.11 Å². The van der Waals surface area contributed by atoms with Crippen LogP contribution in [-0.4, -0.2) is 21.5 Å². The predicted molar refractivity (Wildman–Crippen MR) is 106 cm³/mol. The molecule has 1 aromatic carbocycles. The molecule has 0 aliphatic heterocycles. The van der Waals surface area contributed by atoms with E-state index in [1.807, 2.05) is 19.1 Å². The summed E-state index contributed by atoms with van der Waals surface area (Å²) in [5.41, 5.74) is 1.75. The Balaban J connectivity index is 2.49.